The zero-order chi connectivity index (χ0) is 17.2. The molecule has 7 heteroatoms. The molecule has 2 heterocycles. The average molecular weight is 377 g/mol. The van der Waals surface area contributed by atoms with Crippen LogP contribution >= 0.6 is 12.4 Å². The fraction of sp³-hybridized carbons (Fsp3) is 0.474. The molecule has 0 spiro atoms. The quantitative estimate of drug-likeness (QED) is 0.853. The molecule has 0 bridgehead atoms. The number of rotatable bonds is 4. The highest BCUT2D eigenvalue weighted by atomic mass is 35.5. The monoisotopic (exact) mass is 376 g/mol. The number of fused-ring (bicyclic) bond motifs is 1. The molecule has 0 saturated carbocycles. The first-order chi connectivity index (χ1) is 12.2. The number of amides is 1. The first-order valence-electron chi connectivity index (χ1n) is 9.02. The predicted octanol–water partition coefficient (Wildman–Crippen LogP) is 1.78. The second-order valence-corrected chi connectivity index (χ2v) is 6.70. The van der Waals surface area contributed by atoms with Crippen molar-refractivity contribution in [3.8, 4) is 5.69 Å². The Labute approximate surface area is 159 Å². The van der Waals surface area contributed by atoms with Gasteiger partial charge in [-0.25, -0.2) is 4.68 Å². The van der Waals surface area contributed by atoms with Crippen LogP contribution in [-0.2, 0) is 28.9 Å². The Kier molecular flexibility index (Phi) is 5.96. The molecule has 1 aromatic heterocycles. The van der Waals surface area contributed by atoms with Gasteiger partial charge in [0, 0.05) is 12.2 Å². The van der Waals surface area contributed by atoms with Gasteiger partial charge in [-0.1, -0.05) is 18.2 Å². The summed E-state index contributed by atoms with van der Waals surface area (Å²) in [6.45, 7) is 3.75. The normalized spacial score (nSPS) is 21.7. The second kappa shape index (κ2) is 8.20. The van der Waals surface area contributed by atoms with Crippen molar-refractivity contribution >= 4 is 18.3 Å². The first kappa shape index (κ1) is 18.9. The van der Waals surface area contributed by atoms with Crippen molar-refractivity contribution in [2.24, 2.45) is 0 Å². The van der Waals surface area contributed by atoms with E-state index in [1.54, 1.807) is 0 Å². The van der Waals surface area contributed by atoms with Crippen molar-refractivity contribution in [2.45, 2.75) is 44.9 Å². The summed E-state index contributed by atoms with van der Waals surface area (Å²) in [5.74, 6) is -0.0202. The highest BCUT2D eigenvalue weighted by molar-refractivity contribution is 5.85. The number of nitrogens with zero attached hydrogens (tertiary/aromatic N) is 2. The molecule has 0 radical (unpaired) electrons. The molecule has 2 aromatic rings. The smallest absolute Gasteiger partial charge is 0.240 e. The van der Waals surface area contributed by atoms with Crippen molar-refractivity contribution < 1.29 is 9.53 Å². The lowest BCUT2D eigenvalue weighted by molar-refractivity contribution is -0.129. The van der Waals surface area contributed by atoms with Crippen LogP contribution in [0.2, 0.25) is 0 Å². The van der Waals surface area contributed by atoms with Gasteiger partial charge in [-0.15, -0.1) is 12.4 Å². The topological polar surface area (TPSA) is 68.2 Å². The van der Waals surface area contributed by atoms with E-state index in [2.05, 4.69) is 22.8 Å². The summed E-state index contributed by atoms with van der Waals surface area (Å²) < 4.78 is 7.59. The van der Waals surface area contributed by atoms with Crippen molar-refractivity contribution in [3.05, 3.63) is 47.3 Å². The van der Waals surface area contributed by atoms with E-state index in [0.29, 0.717) is 19.7 Å². The van der Waals surface area contributed by atoms with Gasteiger partial charge in [0.25, 0.3) is 0 Å². The minimum absolute atomic E-state index is 0. The molecular weight excluding hydrogens is 352 g/mol. The zero-order valence-electron chi connectivity index (χ0n) is 14.9. The maximum Gasteiger partial charge on any atom is 0.240 e. The van der Waals surface area contributed by atoms with Gasteiger partial charge in [0.05, 0.1) is 30.6 Å². The van der Waals surface area contributed by atoms with Gasteiger partial charge in [0.2, 0.25) is 5.91 Å². The molecule has 1 saturated heterocycles. The van der Waals surface area contributed by atoms with Gasteiger partial charge in [-0.05, 0) is 43.9 Å². The highest BCUT2D eigenvalue weighted by Crippen LogP contribution is 2.27. The van der Waals surface area contributed by atoms with Crippen LogP contribution in [-0.4, -0.2) is 41.0 Å². The Morgan fingerprint density at radius 1 is 1.35 bits per heavy atom. The number of hydrogen-bond donors (Lipinski definition) is 2. The molecule has 140 valence electrons. The summed E-state index contributed by atoms with van der Waals surface area (Å²) in [6, 6.07) is 9.90. The fourth-order valence-electron chi connectivity index (χ4n) is 3.75. The van der Waals surface area contributed by atoms with E-state index >= 15 is 0 Å². The van der Waals surface area contributed by atoms with Gasteiger partial charge in [0.15, 0.2) is 0 Å². The Balaban J connectivity index is 0.00000196. The Hall–Kier alpha value is -1.89. The molecular formula is C19H25ClN4O2. The third-order valence-electron chi connectivity index (χ3n) is 5.04. The summed E-state index contributed by atoms with van der Waals surface area (Å²) >= 11 is 0. The summed E-state index contributed by atoms with van der Waals surface area (Å²) in [4.78, 5) is 12.5. The molecule has 1 aromatic carbocycles. The number of aromatic nitrogens is 2. The fourth-order valence-corrected chi connectivity index (χ4v) is 3.75. The van der Waals surface area contributed by atoms with E-state index in [4.69, 9.17) is 9.84 Å². The van der Waals surface area contributed by atoms with Crippen LogP contribution in [0.4, 0.5) is 0 Å². The van der Waals surface area contributed by atoms with Gasteiger partial charge >= 0.3 is 0 Å². The number of morpholine rings is 1. The number of nitrogens with one attached hydrogen (secondary N) is 2. The lowest BCUT2D eigenvalue weighted by atomic mass is 10.1. The van der Waals surface area contributed by atoms with Gasteiger partial charge < -0.3 is 15.4 Å². The summed E-state index contributed by atoms with van der Waals surface area (Å²) in [5, 5.41) is 11.1. The summed E-state index contributed by atoms with van der Waals surface area (Å²) in [5.41, 5.74) is 4.64. The largest absolute Gasteiger partial charge is 0.375 e. The van der Waals surface area contributed by atoms with E-state index in [1.807, 2.05) is 29.8 Å². The Morgan fingerprint density at radius 2 is 2.15 bits per heavy atom. The molecule has 2 atom stereocenters. The minimum atomic E-state index is -0.294. The van der Waals surface area contributed by atoms with E-state index in [0.717, 1.165) is 30.6 Å². The number of carbonyl (C=O) groups excluding carboxylic acids is 1. The predicted molar refractivity (Wildman–Crippen MR) is 102 cm³/mol. The van der Waals surface area contributed by atoms with E-state index < -0.39 is 0 Å². The maximum atomic E-state index is 12.5. The first-order valence-corrected chi connectivity index (χ1v) is 9.02. The van der Waals surface area contributed by atoms with Crippen LogP contribution in [0.25, 0.3) is 5.69 Å². The van der Waals surface area contributed by atoms with Crippen molar-refractivity contribution in [3.63, 3.8) is 0 Å². The number of halogens is 1. The summed E-state index contributed by atoms with van der Waals surface area (Å²) in [6.07, 6.45) is 3.12. The molecule has 1 aliphatic heterocycles. The van der Waals surface area contributed by atoms with E-state index in [1.165, 1.54) is 11.3 Å². The van der Waals surface area contributed by atoms with Crippen LogP contribution < -0.4 is 10.6 Å². The molecule has 1 aliphatic carbocycles. The zero-order valence-corrected chi connectivity index (χ0v) is 15.7. The number of para-hydroxylation sites is 1. The van der Waals surface area contributed by atoms with Crippen molar-refractivity contribution in [1.29, 1.82) is 0 Å². The SMILES string of the molecule is C[C@H]1OCCN[C@@H]1C(=O)NCc1nn(-c2ccccc2)c2c1CCC2.Cl. The van der Waals surface area contributed by atoms with Crippen LogP contribution in [0.5, 0.6) is 0 Å². The van der Waals surface area contributed by atoms with Crippen LogP contribution in [0, 0.1) is 0 Å². The maximum absolute atomic E-state index is 12.5. The second-order valence-electron chi connectivity index (χ2n) is 6.70. The van der Waals surface area contributed by atoms with Crippen molar-refractivity contribution in [1.82, 2.24) is 20.4 Å². The van der Waals surface area contributed by atoms with Crippen molar-refractivity contribution in [2.75, 3.05) is 13.2 Å². The number of benzene rings is 1. The summed E-state index contributed by atoms with van der Waals surface area (Å²) in [7, 11) is 0. The number of hydrogen-bond acceptors (Lipinski definition) is 4. The third-order valence-corrected chi connectivity index (χ3v) is 5.04. The Morgan fingerprint density at radius 3 is 2.92 bits per heavy atom. The van der Waals surface area contributed by atoms with Gasteiger partial charge in [-0.2, -0.15) is 5.10 Å². The molecule has 6 nitrogen and oxygen atoms in total. The van der Waals surface area contributed by atoms with Gasteiger partial charge in [-0.3, -0.25) is 4.79 Å². The molecule has 1 fully saturated rings. The molecule has 1 amide bonds. The number of carbonyl (C=O) groups is 1. The van der Waals surface area contributed by atoms with E-state index in [-0.39, 0.29) is 30.5 Å². The lowest BCUT2D eigenvalue weighted by Crippen LogP contribution is -2.55. The minimum Gasteiger partial charge on any atom is -0.375 e. The molecule has 4 rings (SSSR count). The number of ether oxygens (including phenoxy) is 1. The Bertz CT molecular complexity index is 762. The lowest BCUT2D eigenvalue weighted by Gasteiger charge is -2.29. The van der Waals surface area contributed by atoms with Gasteiger partial charge in [0.1, 0.15) is 6.04 Å². The van der Waals surface area contributed by atoms with Crippen LogP contribution in [0.15, 0.2) is 30.3 Å². The highest BCUT2D eigenvalue weighted by Gasteiger charge is 2.29. The standard InChI is InChI=1S/C19H24N4O2.ClH/c1-13-18(20-10-11-25-13)19(24)21-12-16-15-8-5-9-17(15)23(22-16)14-6-3-2-4-7-14;/h2-4,6-7,13,18,20H,5,8-12H2,1H3,(H,21,24);1H/t13-,18+;/m1./s1. The average Bonchev–Trinajstić information content (AvgIpc) is 3.24. The molecule has 26 heavy (non-hydrogen) atoms. The molecule has 0 unspecified atom stereocenters. The van der Waals surface area contributed by atoms with E-state index in [9.17, 15) is 4.79 Å². The third kappa shape index (κ3) is 3.63. The molecule has 2 N–H and O–H groups in total. The van der Waals surface area contributed by atoms with Crippen LogP contribution in [0.1, 0.15) is 30.3 Å². The molecule has 2 aliphatic rings. The van der Waals surface area contributed by atoms with Crippen LogP contribution in [0.3, 0.4) is 0 Å².